The zero-order chi connectivity index (χ0) is 23.6. The van der Waals surface area contributed by atoms with Crippen LogP contribution in [-0.2, 0) is 32.7 Å². The van der Waals surface area contributed by atoms with Crippen LogP contribution in [0.3, 0.4) is 0 Å². The second kappa shape index (κ2) is 9.18. The van der Waals surface area contributed by atoms with Gasteiger partial charge in [-0.3, -0.25) is 4.90 Å². The Morgan fingerprint density at radius 3 is 2.35 bits per heavy atom. The van der Waals surface area contributed by atoms with Crippen molar-refractivity contribution in [3.8, 4) is 0 Å². The summed E-state index contributed by atoms with van der Waals surface area (Å²) in [6.07, 6.45) is 0.464. The summed E-state index contributed by atoms with van der Waals surface area (Å²) in [7, 11) is 1.39. The van der Waals surface area contributed by atoms with Gasteiger partial charge in [-0.25, -0.2) is 9.59 Å². The first kappa shape index (κ1) is 22.5. The number of likely N-dealkylation sites (tertiary alicyclic amines) is 1. The summed E-state index contributed by atoms with van der Waals surface area (Å²) < 4.78 is 11.0. The number of hydrogen-bond acceptors (Lipinski definition) is 5. The van der Waals surface area contributed by atoms with Gasteiger partial charge in [0.2, 0.25) is 0 Å². The summed E-state index contributed by atoms with van der Waals surface area (Å²) in [5.41, 5.74) is 1.74. The van der Waals surface area contributed by atoms with E-state index in [4.69, 9.17) is 9.47 Å². The first-order chi connectivity index (χ1) is 16.6. The van der Waals surface area contributed by atoms with E-state index in [1.165, 1.54) is 12.7 Å². The van der Waals surface area contributed by atoms with E-state index in [0.29, 0.717) is 19.4 Å². The molecule has 5 rings (SSSR count). The van der Waals surface area contributed by atoms with Gasteiger partial charge in [0.05, 0.1) is 7.11 Å². The summed E-state index contributed by atoms with van der Waals surface area (Å²) in [6.45, 7) is 0.568. The highest BCUT2D eigenvalue weighted by Crippen LogP contribution is 2.53. The number of methoxy groups -OCH3 is 1. The van der Waals surface area contributed by atoms with Gasteiger partial charge in [-0.2, -0.15) is 0 Å². The van der Waals surface area contributed by atoms with Gasteiger partial charge in [0.1, 0.15) is 12.1 Å². The molecular weight excluding hydrogens is 446 g/mol. The Morgan fingerprint density at radius 1 is 0.941 bits per heavy atom. The van der Waals surface area contributed by atoms with E-state index in [-0.39, 0.29) is 18.0 Å². The Hall–Kier alpha value is -3.25. The second-order valence-corrected chi connectivity index (χ2v) is 10.1. The first-order valence-electron chi connectivity index (χ1n) is 11.4. The second-order valence-electron chi connectivity index (χ2n) is 9.04. The average Bonchev–Trinajstić information content (AvgIpc) is 3.17. The van der Waals surface area contributed by atoms with Crippen molar-refractivity contribution in [2.75, 3.05) is 19.4 Å². The Morgan fingerprint density at radius 2 is 1.62 bits per heavy atom. The smallest absolute Gasteiger partial charge is 0.411 e. The van der Waals surface area contributed by atoms with Crippen LogP contribution in [0.25, 0.3) is 0 Å². The molecule has 1 aliphatic heterocycles. The normalized spacial score (nSPS) is 22.7. The van der Waals surface area contributed by atoms with Crippen LogP contribution in [0.4, 0.5) is 4.79 Å². The minimum absolute atomic E-state index is 0.159. The third-order valence-electron chi connectivity index (χ3n) is 6.93. The molecule has 2 aliphatic rings. The number of fused-ring (bicyclic) bond motifs is 4. The molecule has 0 unspecified atom stereocenters. The molecule has 0 N–H and O–H groups in total. The van der Waals surface area contributed by atoms with E-state index in [1.54, 1.807) is 16.7 Å². The van der Waals surface area contributed by atoms with Gasteiger partial charge in [0.25, 0.3) is 0 Å². The predicted octanol–water partition coefficient (Wildman–Crippen LogP) is 5.23. The lowest BCUT2D eigenvalue weighted by molar-refractivity contribution is -0.153. The molecule has 0 saturated carbocycles. The molecule has 6 heteroatoms. The van der Waals surface area contributed by atoms with Crippen molar-refractivity contribution in [1.29, 1.82) is 0 Å². The Kier molecular flexibility index (Phi) is 6.09. The van der Waals surface area contributed by atoms with Crippen molar-refractivity contribution < 1.29 is 19.1 Å². The molecule has 1 saturated heterocycles. The molecule has 2 atom stereocenters. The number of esters is 1. The fourth-order valence-corrected chi connectivity index (χ4v) is 6.55. The van der Waals surface area contributed by atoms with Crippen molar-refractivity contribution in [2.45, 2.75) is 35.3 Å². The molecule has 0 aromatic heterocycles. The topological polar surface area (TPSA) is 55.8 Å². The lowest BCUT2D eigenvalue weighted by Crippen LogP contribution is -2.55. The van der Waals surface area contributed by atoms with Gasteiger partial charge < -0.3 is 9.47 Å². The summed E-state index contributed by atoms with van der Waals surface area (Å²) in [5.74, 6) is 0.361. The number of carbonyl (C=O) groups is 2. The van der Waals surface area contributed by atoms with Gasteiger partial charge in [0.15, 0.2) is 0 Å². The van der Waals surface area contributed by atoms with Crippen molar-refractivity contribution in [1.82, 2.24) is 4.90 Å². The number of rotatable bonds is 6. The molecule has 1 aliphatic carbocycles. The molecule has 0 radical (unpaired) electrons. The number of nitrogens with zero attached hydrogens (tertiary/aromatic N) is 1. The molecule has 1 fully saturated rings. The lowest BCUT2D eigenvalue weighted by atomic mass is 9.67. The molecule has 3 aromatic rings. The van der Waals surface area contributed by atoms with E-state index >= 15 is 0 Å². The minimum atomic E-state index is -1.08. The molecule has 3 aromatic carbocycles. The maximum absolute atomic E-state index is 13.4. The fraction of sp³-hybridized carbons (Fsp3) is 0.286. The quantitative estimate of drug-likeness (QED) is 0.363. The standard InChI is InChI=1S/C28H27NO4S/c1-32-25(30)28-16-22-12-8-9-15-24(22)27(18-28,20-34-23-13-6-3-7-14-23)19-29(28)26(31)33-17-21-10-4-2-5-11-21/h2-15H,16-20H2,1H3/t27-,28+/m0/s1. The van der Waals surface area contributed by atoms with Crippen LogP contribution < -0.4 is 0 Å². The Labute approximate surface area is 204 Å². The maximum Gasteiger partial charge on any atom is 0.411 e. The number of thioether (sulfide) groups is 1. The molecular formula is C28H27NO4S. The van der Waals surface area contributed by atoms with Crippen molar-refractivity contribution in [2.24, 2.45) is 0 Å². The summed E-state index contributed by atoms with van der Waals surface area (Å²) in [6, 6.07) is 28.0. The van der Waals surface area contributed by atoms with Crippen LogP contribution in [0.1, 0.15) is 23.1 Å². The molecule has 1 amide bonds. The molecule has 0 spiro atoms. The number of carbonyl (C=O) groups excluding carboxylic acids is 2. The maximum atomic E-state index is 13.4. The van der Waals surface area contributed by atoms with E-state index in [9.17, 15) is 9.59 Å². The summed E-state index contributed by atoms with van der Waals surface area (Å²) in [4.78, 5) is 29.5. The molecule has 174 valence electrons. The van der Waals surface area contributed by atoms with Crippen LogP contribution in [0.5, 0.6) is 0 Å². The minimum Gasteiger partial charge on any atom is -0.467 e. The SMILES string of the molecule is COC(=O)[C@]12Cc3ccccc3[C@](CSc3ccccc3)(CN1C(=O)OCc1ccccc1)C2. The van der Waals surface area contributed by atoms with Crippen molar-refractivity contribution in [3.05, 3.63) is 102 Å². The monoisotopic (exact) mass is 473 g/mol. The third-order valence-corrected chi connectivity index (χ3v) is 8.23. The van der Waals surface area contributed by atoms with Crippen LogP contribution in [-0.4, -0.2) is 41.9 Å². The van der Waals surface area contributed by atoms with Crippen LogP contribution >= 0.6 is 11.8 Å². The summed E-state index contributed by atoms with van der Waals surface area (Å²) >= 11 is 1.75. The Bertz CT molecular complexity index is 1190. The third kappa shape index (κ3) is 3.96. The Balaban J connectivity index is 1.49. The highest BCUT2D eigenvalue weighted by atomic mass is 32.2. The largest absolute Gasteiger partial charge is 0.467 e. The molecule has 34 heavy (non-hydrogen) atoms. The molecule has 2 bridgehead atoms. The van der Waals surface area contributed by atoms with Gasteiger partial charge in [-0.15, -0.1) is 11.8 Å². The number of amides is 1. The fourth-order valence-electron chi connectivity index (χ4n) is 5.40. The van der Waals surface area contributed by atoms with Crippen LogP contribution in [0.15, 0.2) is 89.8 Å². The van der Waals surface area contributed by atoms with Gasteiger partial charge in [0, 0.05) is 29.0 Å². The van der Waals surface area contributed by atoms with Crippen LogP contribution in [0, 0.1) is 0 Å². The zero-order valence-electron chi connectivity index (χ0n) is 19.1. The van der Waals surface area contributed by atoms with E-state index in [0.717, 1.165) is 21.8 Å². The van der Waals surface area contributed by atoms with Crippen molar-refractivity contribution >= 4 is 23.8 Å². The highest BCUT2D eigenvalue weighted by molar-refractivity contribution is 7.99. The van der Waals surface area contributed by atoms with Gasteiger partial charge in [-0.1, -0.05) is 72.8 Å². The number of hydrogen-bond donors (Lipinski definition) is 0. The molecule has 1 heterocycles. The zero-order valence-corrected chi connectivity index (χ0v) is 19.9. The molecule has 5 nitrogen and oxygen atoms in total. The first-order valence-corrected chi connectivity index (χ1v) is 12.4. The van der Waals surface area contributed by atoms with Gasteiger partial charge in [-0.05, 0) is 35.2 Å². The van der Waals surface area contributed by atoms with E-state index < -0.39 is 11.6 Å². The number of ether oxygens (including phenoxy) is 2. The van der Waals surface area contributed by atoms with E-state index in [1.807, 2.05) is 60.7 Å². The lowest BCUT2D eigenvalue weighted by Gasteiger charge is -2.39. The average molecular weight is 474 g/mol. The number of benzene rings is 3. The van der Waals surface area contributed by atoms with Crippen molar-refractivity contribution in [3.63, 3.8) is 0 Å². The van der Waals surface area contributed by atoms with Crippen LogP contribution in [0.2, 0.25) is 0 Å². The van der Waals surface area contributed by atoms with E-state index in [2.05, 4.69) is 24.3 Å². The predicted molar refractivity (Wildman–Crippen MR) is 132 cm³/mol. The van der Waals surface area contributed by atoms with Gasteiger partial charge >= 0.3 is 12.1 Å². The highest BCUT2D eigenvalue weighted by Gasteiger charge is 2.64. The summed E-state index contributed by atoms with van der Waals surface area (Å²) in [5, 5.41) is 0.